The smallest absolute Gasteiger partial charge is 0.251 e. The average molecular weight is 359 g/mol. The van der Waals surface area contributed by atoms with Crippen LogP contribution in [0.25, 0.3) is 0 Å². The standard InChI is InChI=1S/C19H25N3O4/c1-13(24)20-14-5-7-16(8-6-14)22-18(25)12-17(19(22)26)21-10-3-2-4-15(21)9-11-23/h5-8,15,17,23H,2-4,9-12H2,1H3,(H,20,24)/t15-,17-/m0/s1. The van der Waals surface area contributed by atoms with Crippen LogP contribution in [0.15, 0.2) is 24.3 Å². The van der Waals surface area contributed by atoms with E-state index in [9.17, 15) is 19.5 Å². The average Bonchev–Trinajstić information content (AvgIpc) is 2.90. The van der Waals surface area contributed by atoms with E-state index in [-0.39, 0.29) is 36.8 Å². The van der Waals surface area contributed by atoms with Crippen molar-refractivity contribution in [3.63, 3.8) is 0 Å². The zero-order valence-electron chi connectivity index (χ0n) is 15.0. The number of hydrogen-bond acceptors (Lipinski definition) is 5. The molecule has 0 spiro atoms. The van der Waals surface area contributed by atoms with Crippen molar-refractivity contribution in [2.45, 2.75) is 51.1 Å². The molecule has 0 saturated carbocycles. The highest BCUT2D eigenvalue weighted by Crippen LogP contribution is 2.31. The van der Waals surface area contributed by atoms with Gasteiger partial charge < -0.3 is 10.4 Å². The number of amides is 3. The second kappa shape index (κ2) is 7.97. The van der Waals surface area contributed by atoms with Gasteiger partial charge in [-0.05, 0) is 50.1 Å². The minimum Gasteiger partial charge on any atom is -0.396 e. The van der Waals surface area contributed by atoms with Crippen molar-refractivity contribution in [1.82, 2.24) is 4.90 Å². The van der Waals surface area contributed by atoms with E-state index in [1.54, 1.807) is 24.3 Å². The predicted molar refractivity (Wildman–Crippen MR) is 97.7 cm³/mol. The molecule has 2 saturated heterocycles. The molecular formula is C19H25N3O4. The molecule has 26 heavy (non-hydrogen) atoms. The summed E-state index contributed by atoms with van der Waals surface area (Å²) in [6.45, 7) is 2.29. The number of nitrogens with zero attached hydrogens (tertiary/aromatic N) is 2. The molecule has 2 fully saturated rings. The summed E-state index contributed by atoms with van der Waals surface area (Å²) in [5.41, 5.74) is 1.14. The van der Waals surface area contributed by atoms with Crippen LogP contribution in [0, 0.1) is 0 Å². The quantitative estimate of drug-likeness (QED) is 0.778. The molecule has 0 unspecified atom stereocenters. The van der Waals surface area contributed by atoms with Crippen LogP contribution < -0.4 is 10.2 Å². The number of anilines is 2. The number of aliphatic hydroxyl groups excluding tert-OH is 1. The summed E-state index contributed by atoms with van der Waals surface area (Å²) in [6.07, 6.45) is 3.84. The highest BCUT2D eigenvalue weighted by molar-refractivity contribution is 6.22. The number of hydrogen-bond donors (Lipinski definition) is 2. The van der Waals surface area contributed by atoms with Crippen molar-refractivity contribution in [3.8, 4) is 0 Å². The van der Waals surface area contributed by atoms with Crippen LogP contribution in [0.2, 0.25) is 0 Å². The number of benzene rings is 1. The van der Waals surface area contributed by atoms with Gasteiger partial charge in [0.2, 0.25) is 11.8 Å². The lowest BCUT2D eigenvalue weighted by Gasteiger charge is -2.38. The molecule has 7 nitrogen and oxygen atoms in total. The maximum atomic E-state index is 13.0. The Balaban J connectivity index is 1.77. The molecule has 2 aliphatic rings. The molecule has 1 aromatic carbocycles. The van der Waals surface area contributed by atoms with Crippen molar-refractivity contribution >= 4 is 29.1 Å². The van der Waals surface area contributed by atoms with E-state index in [0.29, 0.717) is 17.8 Å². The first kappa shape index (κ1) is 18.5. The van der Waals surface area contributed by atoms with Gasteiger partial charge in [0.15, 0.2) is 0 Å². The minimum atomic E-state index is -0.450. The molecule has 140 valence electrons. The van der Waals surface area contributed by atoms with E-state index in [1.807, 2.05) is 0 Å². The summed E-state index contributed by atoms with van der Waals surface area (Å²) in [4.78, 5) is 39.9. The van der Waals surface area contributed by atoms with E-state index in [1.165, 1.54) is 11.8 Å². The second-order valence-corrected chi connectivity index (χ2v) is 6.92. The third kappa shape index (κ3) is 3.78. The van der Waals surface area contributed by atoms with Crippen LogP contribution in [-0.4, -0.2) is 53.0 Å². The number of carbonyl (C=O) groups is 3. The molecular weight excluding hydrogens is 334 g/mol. The number of nitrogens with one attached hydrogen (secondary N) is 1. The number of likely N-dealkylation sites (tertiary alicyclic amines) is 1. The zero-order valence-corrected chi connectivity index (χ0v) is 15.0. The Labute approximate surface area is 153 Å². The molecule has 3 amide bonds. The Kier molecular flexibility index (Phi) is 5.68. The monoisotopic (exact) mass is 359 g/mol. The zero-order chi connectivity index (χ0) is 18.7. The van der Waals surface area contributed by atoms with Gasteiger partial charge >= 0.3 is 0 Å². The number of aliphatic hydroxyl groups is 1. The summed E-state index contributed by atoms with van der Waals surface area (Å²) in [7, 11) is 0. The lowest BCUT2D eigenvalue weighted by atomic mass is 9.97. The van der Waals surface area contributed by atoms with Gasteiger partial charge in [0.1, 0.15) is 0 Å². The fourth-order valence-electron chi connectivity index (χ4n) is 3.94. The van der Waals surface area contributed by atoms with Crippen LogP contribution in [0.5, 0.6) is 0 Å². The Bertz CT molecular complexity index is 687. The topological polar surface area (TPSA) is 90.0 Å². The predicted octanol–water partition coefficient (Wildman–Crippen LogP) is 1.51. The van der Waals surface area contributed by atoms with Crippen LogP contribution in [-0.2, 0) is 14.4 Å². The van der Waals surface area contributed by atoms with Gasteiger partial charge in [0.05, 0.1) is 18.2 Å². The molecule has 1 aromatic rings. The normalized spacial score (nSPS) is 24.2. The molecule has 7 heteroatoms. The third-order valence-corrected chi connectivity index (χ3v) is 5.10. The number of imide groups is 1. The molecule has 3 rings (SSSR count). The van der Waals surface area contributed by atoms with Gasteiger partial charge in [0, 0.05) is 25.3 Å². The van der Waals surface area contributed by atoms with E-state index in [2.05, 4.69) is 10.2 Å². The van der Waals surface area contributed by atoms with Crippen molar-refractivity contribution in [2.24, 2.45) is 0 Å². The van der Waals surface area contributed by atoms with Crippen LogP contribution in [0.4, 0.5) is 11.4 Å². The molecule has 2 atom stereocenters. The molecule has 0 bridgehead atoms. The molecule has 2 N–H and O–H groups in total. The summed E-state index contributed by atoms with van der Waals surface area (Å²) in [5, 5.41) is 12.0. The Morgan fingerprint density at radius 2 is 1.96 bits per heavy atom. The first-order valence-electron chi connectivity index (χ1n) is 9.12. The van der Waals surface area contributed by atoms with E-state index >= 15 is 0 Å². The first-order valence-corrected chi connectivity index (χ1v) is 9.12. The van der Waals surface area contributed by atoms with Gasteiger partial charge in [-0.1, -0.05) is 6.42 Å². The van der Waals surface area contributed by atoms with Crippen molar-refractivity contribution in [1.29, 1.82) is 0 Å². The van der Waals surface area contributed by atoms with Gasteiger partial charge in [-0.25, -0.2) is 4.90 Å². The molecule has 0 aromatic heterocycles. The third-order valence-electron chi connectivity index (χ3n) is 5.10. The van der Waals surface area contributed by atoms with E-state index in [4.69, 9.17) is 0 Å². The second-order valence-electron chi connectivity index (χ2n) is 6.92. The van der Waals surface area contributed by atoms with Gasteiger partial charge in [-0.3, -0.25) is 19.3 Å². The molecule has 0 radical (unpaired) electrons. The number of piperidine rings is 1. The largest absolute Gasteiger partial charge is 0.396 e. The van der Waals surface area contributed by atoms with Crippen LogP contribution >= 0.6 is 0 Å². The summed E-state index contributed by atoms with van der Waals surface area (Å²) < 4.78 is 0. The number of carbonyl (C=O) groups excluding carboxylic acids is 3. The Hall–Kier alpha value is -2.25. The van der Waals surface area contributed by atoms with E-state index in [0.717, 1.165) is 25.8 Å². The van der Waals surface area contributed by atoms with Gasteiger partial charge in [0.25, 0.3) is 5.91 Å². The highest BCUT2D eigenvalue weighted by atomic mass is 16.3. The summed E-state index contributed by atoms with van der Waals surface area (Å²) in [5.74, 6) is -0.584. The lowest BCUT2D eigenvalue weighted by molar-refractivity contribution is -0.124. The molecule has 2 aliphatic heterocycles. The lowest BCUT2D eigenvalue weighted by Crippen LogP contribution is -2.50. The highest BCUT2D eigenvalue weighted by Gasteiger charge is 2.44. The maximum absolute atomic E-state index is 13.0. The summed E-state index contributed by atoms with van der Waals surface area (Å²) >= 11 is 0. The Morgan fingerprint density at radius 3 is 2.62 bits per heavy atom. The Morgan fingerprint density at radius 1 is 1.23 bits per heavy atom. The fraction of sp³-hybridized carbons (Fsp3) is 0.526. The molecule has 0 aliphatic carbocycles. The van der Waals surface area contributed by atoms with Crippen LogP contribution in [0.1, 0.15) is 39.0 Å². The van der Waals surface area contributed by atoms with E-state index < -0.39 is 6.04 Å². The van der Waals surface area contributed by atoms with Crippen molar-refractivity contribution in [3.05, 3.63) is 24.3 Å². The molecule has 2 heterocycles. The maximum Gasteiger partial charge on any atom is 0.251 e. The van der Waals surface area contributed by atoms with Gasteiger partial charge in [-0.2, -0.15) is 0 Å². The van der Waals surface area contributed by atoms with Crippen LogP contribution in [0.3, 0.4) is 0 Å². The fourth-order valence-corrected chi connectivity index (χ4v) is 3.94. The summed E-state index contributed by atoms with van der Waals surface area (Å²) in [6, 6.07) is 6.41. The van der Waals surface area contributed by atoms with Crippen molar-refractivity contribution in [2.75, 3.05) is 23.4 Å². The first-order chi connectivity index (χ1) is 12.5. The van der Waals surface area contributed by atoms with Gasteiger partial charge in [-0.15, -0.1) is 0 Å². The minimum absolute atomic E-state index is 0.0876. The SMILES string of the molecule is CC(=O)Nc1ccc(N2C(=O)C[C@H](N3CCCC[C@H]3CCO)C2=O)cc1. The van der Waals surface area contributed by atoms with Crippen molar-refractivity contribution < 1.29 is 19.5 Å². The number of rotatable bonds is 5.